The van der Waals surface area contributed by atoms with Crippen molar-refractivity contribution in [3.63, 3.8) is 0 Å². The summed E-state index contributed by atoms with van der Waals surface area (Å²) in [6, 6.07) is 4.00. The second-order valence-electron chi connectivity index (χ2n) is 5.25. The van der Waals surface area contributed by atoms with Crippen molar-refractivity contribution in [3.8, 4) is 6.07 Å². The van der Waals surface area contributed by atoms with Crippen molar-refractivity contribution in [1.82, 2.24) is 4.98 Å². The lowest BCUT2D eigenvalue weighted by atomic mass is 9.74. The maximum atomic E-state index is 11.0. The fraction of sp³-hybridized carbons (Fsp3) is 0.500. The molecule has 2 N–H and O–H groups in total. The van der Waals surface area contributed by atoms with Crippen molar-refractivity contribution in [3.05, 3.63) is 22.9 Å². The van der Waals surface area contributed by atoms with E-state index in [0.29, 0.717) is 11.4 Å². The lowest BCUT2D eigenvalue weighted by Crippen LogP contribution is -2.47. The van der Waals surface area contributed by atoms with Crippen molar-refractivity contribution in [2.45, 2.75) is 45.1 Å². The van der Waals surface area contributed by atoms with Crippen LogP contribution in [0.15, 0.2) is 6.07 Å². The molecule has 1 aromatic rings. The van der Waals surface area contributed by atoms with Crippen LogP contribution < -0.4 is 5.32 Å². The highest BCUT2D eigenvalue weighted by Crippen LogP contribution is 2.38. The summed E-state index contributed by atoms with van der Waals surface area (Å²) in [4.78, 5) is 15.3. The van der Waals surface area contributed by atoms with Gasteiger partial charge in [-0.1, -0.05) is 0 Å². The lowest BCUT2D eigenvalue weighted by molar-refractivity contribution is -0.138. The molecule has 0 atom stereocenters. The molecule has 0 aliphatic heterocycles. The Morgan fingerprint density at radius 3 is 2.74 bits per heavy atom. The molecule has 0 amide bonds. The molecule has 0 saturated heterocycles. The summed E-state index contributed by atoms with van der Waals surface area (Å²) in [5.41, 5.74) is 1.75. The summed E-state index contributed by atoms with van der Waals surface area (Å²) >= 11 is 0. The molecular formula is C14H17N3O2. The van der Waals surface area contributed by atoms with E-state index in [1.54, 1.807) is 0 Å². The maximum absolute atomic E-state index is 11.0. The van der Waals surface area contributed by atoms with Crippen LogP contribution in [0.4, 0.5) is 5.82 Å². The van der Waals surface area contributed by atoms with Crippen LogP contribution in [-0.2, 0) is 4.79 Å². The number of aliphatic carboxylic acids is 1. The standard InChI is InChI=1S/C14H17N3O2/c1-9-6-10(2)16-13(11(9)8-15)17-14(4-3-5-14)7-12(18)19/h6H,3-5,7H2,1-2H3,(H,16,17)(H,18,19). The number of carbonyl (C=O) groups is 1. The molecular weight excluding hydrogens is 242 g/mol. The van der Waals surface area contributed by atoms with Gasteiger partial charge in [-0.25, -0.2) is 4.98 Å². The van der Waals surface area contributed by atoms with Crippen molar-refractivity contribution < 1.29 is 9.90 Å². The van der Waals surface area contributed by atoms with E-state index in [9.17, 15) is 10.1 Å². The average Bonchev–Trinajstić information content (AvgIpc) is 2.24. The Kier molecular flexibility index (Phi) is 3.43. The quantitative estimate of drug-likeness (QED) is 0.867. The number of nitrogens with zero attached hydrogens (tertiary/aromatic N) is 2. The molecule has 1 fully saturated rings. The molecule has 1 heterocycles. The van der Waals surface area contributed by atoms with Crippen LogP contribution in [-0.4, -0.2) is 21.6 Å². The highest BCUT2D eigenvalue weighted by molar-refractivity contribution is 5.70. The highest BCUT2D eigenvalue weighted by Gasteiger charge is 2.39. The van der Waals surface area contributed by atoms with E-state index in [-0.39, 0.29) is 6.42 Å². The zero-order chi connectivity index (χ0) is 14.0. The first kappa shape index (κ1) is 13.3. The van der Waals surface area contributed by atoms with Crippen LogP contribution >= 0.6 is 0 Å². The highest BCUT2D eigenvalue weighted by atomic mass is 16.4. The third-order valence-corrected chi connectivity index (χ3v) is 3.64. The Labute approximate surface area is 112 Å². The molecule has 0 radical (unpaired) electrons. The number of rotatable bonds is 4. The minimum atomic E-state index is -0.824. The summed E-state index contributed by atoms with van der Waals surface area (Å²) in [6.07, 6.45) is 2.68. The topological polar surface area (TPSA) is 86.0 Å². The number of hydrogen-bond donors (Lipinski definition) is 2. The third kappa shape index (κ3) is 2.68. The molecule has 1 aromatic heterocycles. The number of carboxylic acids is 1. The minimum absolute atomic E-state index is 0.0620. The number of aromatic nitrogens is 1. The van der Waals surface area contributed by atoms with Gasteiger partial charge < -0.3 is 10.4 Å². The zero-order valence-corrected chi connectivity index (χ0v) is 11.2. The van der Waals surface area contributed by atoms with Crippen molar-refractivity contribution in [2.75, 3.05) is 5.32 Å². The summed E-state index contributed by atoms with van der Waals surface area (Å²) < 4.78 is 0. The number of nitriles is 1. The van der Waals surface area contributed by atoms with Crippen LogP contribution in [0, 0.1) is 25.2 Å². The predicted molar refractivity (Wildman–Crippen MR) is 70.9 cm³/mol. The van der Waals surface area contributed by atoms with Gasteiger partial charge in [0, 0.05) is 11.2 Å². The van der Waals surface area contributed by atoms with Crippen LogP contribution in [0.2, 0.25) is 0 Å². The first-order valence-electron chi connectivity index (χ1n) is 6.34. The van der Waals surface area contributed by atoms with E-state index in [1.165, 1.54) is 0 Å². The van der Waals surface area contributed by atoms with Gasteiger partial charge in [0.2, 0.25) is 0 Å². The average molecular weight is 259 g/mol. The van der Waals surface area contributed by atoms with E-state index in [4.69, 9.17) is 5.11 Å². The van der Waals surface area contributed by atoms with Crippen molar-refractivity contribution in [1.29, 1.82) is 5.26 Å². The summed E-state index contributed by atoms with van der Waals surface area (Å²) in [7, 11) is 0. The molecule has 5 nitrogen and oxygen atoms in total. The van der Waals surface area contributed by atoms with Gasteiger partial charge in [-0.3, -0.25) is 4.79 Å². The van der Waals surface area contributed by atoms with Gasteiger partial charge >= 0.3 is 5.97 Å². The molecule has 1 aliphatic rings. The second-order valence-corrected chi connectivity index (χ2v) is 5.25. The first-order chi connectivity index (χ1) is 8.96. The summed E-state index contributed by atoms with van der Waals surface area (Å²) in [5.74, 6) is -0.309. The largest absolute Gasteiger partial charge is 0.481 e. The first-order valence-corrected chi connectivity index (χ1v) is 6.34. The van der Waals surface area contributed by atoms with E-state index in [2.05, 4.69) is 16.4 Å². The smallest absolute Gasteiger partial charge is 0.305 e. The van der Waals surface area contributed by atoms with Crippen LogP contribution in [0.3, 0.4) is 0 Å². The Hall–Kier alpha value is -2.09. The summed E-state index contributed by atoms with van der Waals surface area (Å²) in [6.45, 7) is 3.73. The second kappa shape index (κ2) is 4.88. The van der Waals surface area contributed by atoms with Gasteiger partial charge in [0.05, 0.1) is 12.0 Å². The SMILES string of the molecule is Cc1cc(C)c(C#N)c(NC2(CC(=O)O)CCC2)n1. The van der Waals surface area contributed by atoms with Crippen LogP contribution in [0.1, 0.15) is 42.5 Å². The Balaban J connectivity index is 2.32. The minimum Gasteiger partial charge on any atom is -0.481 e. The van der Waals surface area contributed by atoms with Gasteiger partial charge in [-0.15, -0.1) is 0 Å². The van der Waals surface area contributed by atoms with Crippen LogP contribution in [0.5, 0.6) is 0 Å². The van der Waals surface area contributed by atoms with E-state index < -0.39 is 11.5 Å². The molecule has 100 valence electrons. The van der Waals surface area contributed by atoms with Crippen molar-refractivity contribution in [2.24, 2.45) is 0 Å². The van der Waals surface area contributed by atoms with Gasteiger partial charge in [-0.2, -0.15) is 5.26 Å². The number of anilines is 1. The Morgan fingerprint density at radius 1 is 1.58 bits per heavy atom. The normalized spacial score (nSPS) is 16.3. The van der Waals surface area contributed by atoms with Gasteiger partial charge in [0.1, 0.15) is 11.9 Å². The maximum Gasteiger partial charge on any atom is 0.305 e. The molecule has 19 heavy (non-hydrogen) atoms. The fourth-order valence-corrected chi connectivity index (χ4v) is 2.56. The number of nitrogens with one attached hydrogen (secondary N) is 1. The number of pyridine rings is 1. The number of carboxylic acid groups (broad SMARTS) is 1. The molecule has 5 heteroatoms. The molecule has 1 aliphatic carbocycles. The Morgan fingerprint density at radius 2 is 2.26 bits per heavy atom. The molecule has 0 unspecified atom stereocenters. The predicted octanol–water partition coefficient (Wildman–Crippen LogP) is 2.38. The van der Waals surface area contributed by atoms with E-state index >= 15 is 0 Å². The molecule has 1 saturated carbocycles. The number of aryl methyl sites for hydroxylation is 2. The van der Waals surface area contributed by atoms with E-state index in [0.717, 1.165) is 30.5 Å². The Bertz CT molecular complexity index is 557. The summed E-state index contributed by atoms with van der Waals surface area (Å²) in [5, 5.41) is 21.4. The van der Waals surface area contributed by atoms with E-state index in [1.807, 2.05) is 19.9 Å². The zero-order valence-electron chi connectivity index (χ0n) is 11.2. The molecule has 0 spiro atoms. The van der Waals surface area contributed by atoms with Crippen LogP contribution in [0.25, 0.3) is 0 Å². The van der Waals surface area contributed by atoms with Crippen molar-refractivity contribution >= 4 is 11.8 Å². The van der Waals surface area contributed by atoms with Gasteiger partial charge in [0.25, 0.3) is 0 Å². The third-order valence-electron chi connectivity index (χ3n) is 3.64. The number of hydrogen-bond acceptors (Lipinski definition) is 4. The fourth-order valence-electron chi connectivity index (χ4n) is 2.56. The molecule has 2 rings (SSSR count). The molecule has 0 aromatic carbocycles. The molecule has 0 bridgehead atoms. The van der Waals surface area contributed by atoms with Gasteiger partial charge in [0.15, 0.2) is 0 Å². The van der Waals surface area contributed by atoms with Gasteiger partial charge in [-0.05, 0) is 44.7 Å². The monoisotopic (exact) mass is 259 g/mol. The lowest BCUT2D eigenvalue weighted by Gasteiger charge is -2.42.